The number of methoxy groups -OCH3 is 1. The fourth-order valence-corrected chi connectivity index (χ4v) is 1.92. The smallest absolute Gasteiger partial charge is 0.0589 e. The summed E-state index contributed by atoms with van der Waals surface area (Å²) >= 11 is 0. The van der Waals surface area contributed by atoms with Gasteiger partial charge in [-0.3, -0.25) is 4.90 Å². The van der Waals surface area contributed by atoms with Gasteiger partial charge in [0.25, 0.3) is 0 Å². The molecule has 0 heterocycles. The van der Waals surface area contributed by atoms with E-state index in [4.69, 9.17) is 4.74 Å². The third-order valence-corrected chi connectivity index (χ3v) is 2.94. The van der Waals surface area contributed by atoms with Crippen molar-refractivity contribution >= 4 is 0 Å². The van der Waals surface area contributed by atoms with Crippen molar-refractivity contribution in [3.05, 3.63) is 35.9 Å². The highest BCUT2D eigenvalue weighted by Crippen LogP contribution is 2.06. The largest absolute Gasteiger partial charge is 0.383 e. The van der Waals surface area contributed by atoms with Crippen LogP contribution in [0.2, 0.25) is 0 Å². The zero-order chi connectivity index (χ0) is 12.3. The SMILES string of the molecule is CCCCCN(CCOC)Cc1ccccc1. The molecule has 0 atom stereocenters. The molecular weight excluding hydrogens is 210 g/mol. The van der Waals surface area contributed by atoms with E-state index in [-0.39, 0.29) is 0 Å². The molecule has 1 aromatic rings. The van der Waals surface area contributed by atoms with Crippen LogP contribution >= 0.6 is 0 Å². The minimum absolute atomic E-state index is 0.818. The summed E-state index contributed by atoms with van der Waals surface area (Å²) in [4.78, 5) is 2.48. The maximum Gasteiger partial charge on any atom is 0.0589 e. The van der Waals surface area contributed by atoms with Gasteiger partial charge < -0.3 is 4.74 Å². The molecule has 0 fully saturated rings. The standard InChI is InChI=1S/C15H25NO/c1-3-4-8-11-16(12-13-17-2)14-15-9-6-5-7-10-15/h5-7,9-10H,3-4,8,11-14H2,1-2H3. The van der Waals surface area contributed by atoms with Gasteiger partial charge in [0, 0.05) is 20.2 Å². The van der Waals surface area contributed by atoms with Crippen LogP contribution in [0.5, 0.6) is 0 Å². The first-order valence-electron chi connectivity index (χ1n) is 6.62. The van der Waals surface area contributed by atoms with E-state index in [0.717, 1.165) is 19.7 Å². The lowest BCUT2D eigenvalue weighted by Gasteiger charge is -2.21. The van der Waals surface area contributed by atoms with Crippen LogP contribution in [0.3, 0.4) is 0 Å². The molecular formula is C15H25NO. The minimum atomic E-state index is 0.818. The molecule has 2 nitrogen and oxygen atoms in total. The van der Waals surface area contributed by atoms with E-state index in [9.17, 15) is 0 Å². The Morgan fingerprint density at radius 3 is 2.47 bits per heavy atom. The van der Waals surface area contributed by atoms with E-state index < -0.39 is 0 Å². The van der Waals surface area contributed by atoms with Crippen molar-refractivity contribution in [3.8, 4) is 0 Å². The van der Waals surface area contributed by atoms with Gasteiger partial charge in [-0.2, -0.15) is 0 Å². The Labute approximate surface area is 106 Å². The van der Waals surface area contributed by atoms with E-state index >= 15 is 0 Å². The number of rotatable bonds is 9. The van der Waals surface area contributed by atoms with Crippen molar-refractivity contribution in [3.63, 3.8) is 0 Å². The average Bonchev–Trinajstić information content (AvgIpc) is 2.37. The van der Waals surface area contributed by atoms with Gasteiger partial charge >= 0.3 is 0 Å². The summed E-state index contributed by atoms with van der Waals surface area (Å²) in [5, 5.41) is 0. The van der Waals surface area contributed by atoms with Gasteiger partial charge in [-0.15, -0.1) is 0 Å². The molecule has 17 heavy (non-hydrogen) atoms. The Balaban J connectivity index is 2.39. The van der Waals surface area contributed by atoms with Crippen LogP contribution in [0.4, 0.5) is 0 Å². The van der Waals surface area contributed by atoms with E-state index in [1.165, 1.54) is 31.4 Å². The van der Waals surface area contributed by atoms with Crippen molar-refractivity contribution in [2.75, 3.05) is 26.8 Å². The van der Waals surface area contributed by atoms with Crippen molar-refractivity contribution < 1.29 is 4.74 Å². The fourth-order valence-electron chi connectivity index (χ4n) is 1.92. The Morgan fingerprint density at radius 2 is 1.82 bits per heavy atom. The van der Waals surface area contributed by atoms with Crippen molar-refractivity contribution in [1.82, 2.24) is 4.90 Å². The molecule has 1 aromatic carbocycles. The minimum Gasteiger partial charge on any atom is -0.383 e. The van der Waals surface area contributed by atoms with Crippen LogP contribution in [0.1, 0.15) is 31.7 Å². The summed E-state index contributed by atoms with van der Waals surface area (Å²) < 4.78 is 5.17. The number of nitrogens with zero attached hydrogens (tertiary/aromatic N) is 1. The molecule has 0 aromatic heterocycles. The first-order chi connectivity index (χ1) is 8.36. The quantitative estimate of drug-likeness (QED) is 0.609. The maximum atomic E-state index is 5.17. The Kier molecular flexibility index (Phi) is 7.69. The predicted octanol–water partition coefficient (Wildman–Crippen LogP) is 3.33. The van der Waals surface area contributed by atoms with Crippen molar-refractivity contribution in [2.24, 2.45) is 0 Å². The van der Waals surface area contributed by atoms with Crippen molar-refractivity contribution in [1.29, 1.82) is 0 Å². The van der Waals surface area contributed by atoms with Crippen LogP contribution in [0.15, 0.2) is 30.3 Å². The van der Waals surface area contributed by atoms with E-state index in [2.05, 4.69) is 42.2 Å². The summed E-state index contributed by atoms with van der Waals surface area (Å²) in [5.74, 6) is 0. The molecule has 0 saturated carbocycles. The second-order valence-electron chi connectivity index (χ2n) is 4.46. The monoisotopic (exact) mass is 235 g/mol. The zero-order valence-electron chi connectivity index (χ0n) is 11.2. The number of hydrogen-bond acceptors (Lipinski definition) is 2. The molecule has 0 N–H and O–H groups in total. The van der Waals surface area contributed by atoms with Gasteiger partial charge in [-0.1, -0.05) is 50.1 Å². The van der Waals surface area contributed by atoms with Gasteiger partial charge in [0.15, 0.2) is 0 Å². The summed E-state index contributed by atoms with van der Waals surface area (Å²) in [6.45, 7) is 6.30. The van der Waals surface area contributed by atoms with Crippen LogP contribution in [-0.2, 0) is 11.3 Å². The molecule has 0 aliphatic carbocycles. The zero-order valence-corrected chi connectivity index (χ0v) is 11.2. The second-order valence-corrected chi connectivity index (χ2v) is 4.46. The Bertz CT molecular complexity index is 274. The highest BCUT2D eigenvalue weighted by atomic mass is 16.5. The summed E-state index contributed by atoms with van der Waals surface area (Å²) in [6, 6.07) is 10.7. The molecule has 1 rings (SSSR count). The predicted molar refractivity (Wildman–Crippen MR) is 73.1 cm³/mol. The average molecular weight is 235 g/mol. The topological polar surface area (TPSA) is 12.5 Å². The number of ether oxygens (including phenoxy) is 1. The summed E-state index contributed by atoms with van der Waals surface area (Å²) in [6.07, 6.45) is 3.88. The van der Waals surface area contributed by atoms with E-state index in [1.54, 1.807) is 7.11 Å². The molecule has 0 saturated heterocycles. The molecule has 0 bridgehead atoms. The van der Waals surface area contributed by atoms with Gasteiger partial charge in [0.05, 0.1) is 6.61 Å². The first kappa shape index (κ1) is 14.2. The molecule has 0 amide bonds. The molecule has 0 spiro atoms. The van der Waals surface area contributed by atoms with Gasteiger partial charge in [-0.05, 0) is 18.5 Å². The Morgan fingerprint density at radius 1 is 1.06 bits per heavy atom. The highest BCUT2D eigenvalue weighted by molar-refractivity contribution is 5.14. The summed E-state index contributed by atoms with van der Waals surface area (Å²) in [7, 11) is 1.77. The second kappa shape index (κ2) is 9.20. The van der Waals surface area contributed by atoms with Gasteiger partial charge in [0.1, 0.15) is 0 Å². The van der Waals surface area contributed by atoms with Crippen LogP contribution in [0, 0.1) is 0 Å². The number of hydrogen-bond donors (Lipinski definition) is 0. The summed E-state index contributed by atoms with van der Waals surface area (Å²) in [5.41, 5.74) is 1.39. The normalized spacial score (nSPS) is 11.0. The van der Waals surface area contributed by atoms with Crippen LogP contribution < -0.4 is 0 Å². The lowest BCUT2D eigenvalue weighted by molar-refractivity contribution is 0.142. The van der Waals surface area contributed by atoms with Crippen LogP contribution in [0.25, 0.3) is 0 Å². The van der Waals surface area contributed by atoms with Gasteiger partial charge in [0.2, 0.25) is 0 Å². The maximum absolute atomic E-state index is 5.17. The number of benzene rings is 1. The molecule has 2 heteroatoms. The number of unbranched alkanes of at least 4 members (excludes halogenated alkanes) is 2. The molecule has 0 radical (unpaired) electrons. The molecule has 0 unspecified atom stereocenters. The van der Waals surface area contributed by atoms with Crippen LogP contribution in [-0.4, -0.2) is 31.7 Å². The molecule has 0 aliphatic heterocycles. The fraction of sp³-hybridized carbons (Fsp3) is 0.600. The van der Waals surface area contributed by atoms with E-state index in [1.807, 2.05) is 0 Å². The Hall–Kier alpha value is -0.860. The van der Waals surface area contributed by atoms with Gasteiger partial charge in [-0.25, -0.2) is 0 Å². The first-order valence-corrected chi connectivity index (χ1v) is 6.62. The molecule has 0 aliphatic rings. The third-order valence-electron chi connectivity index (χ3n) is 2.94. The lowest BCUT2D eigenvalue weighted by Crippen LogP contribution is -2.28. The highest BCUT2D eigenvalue weighted by Gasteiger charge is 2.05. The van der Waals surface area contributed by atoms with Crippen molar-refractivity contribution in [2.45, 2.75) is 32.7 Å². The third kappa shape index (κ3) is 6.44. The molecule has 96 valence electrons. The van der Waals surface area contributed by atoms with E-state index in [0.29, 0.717) is 0 Å². The lowest BCUT2D eigenvalue weighted by atomic mass is 10.2.